The van der Waals surface area contributed by atoms with Crippen molar-refractivity contribution in [2.24, 2.45) is 0 Å². The third-order valence-corrected chi connectivity index (χ3v) is 4.70. The molecule has 1 aromatic carbocycles. The number of hydrogen-bond acceptors (Lipinski definition) is 4. The maximum absolute atomic E-state index is 14.5. The van der Waals surface area contributed by atoms with Crippen molar-refractivity contribution >= 4 is 9.84 Å². The molecule has 0 spiro atoms. The van der Waals surface area contributed by atoms with Gasteiger partial charge >= 0.3 is 6.18 Å². The van der Waals surface area contributed by atoms with Crippen LogP contribution >= 0.6 is 0 Å². The molecule has 3 rings (SSSR count). The monoisotopic (exact) mass is 403 g/mol. The van der Waals surface area contributed by atoms with Gasteiger partial charge in [-0.1, -0.05) is 0 Å². The van der Waals surface area contributed by atoms with E-state index in [0.717, 1.165) is 0 Å². The van der Waals surface area contributed by atoms with Gasteiger partial charge in [-0.25, -0.2) is 21.9 Å². The third kappa shape index (κ3) is 3.68. The van der Waals surface area contributed by atoms with E-state index in [4.69, 9.17) is 0 Å². The van der Waals surface area contributed by atoms with Crippen LogP contribution in [0.5, 0.6) is 0 Å². The third-order valence-electron chi connectivity index (χ3n) is 3.59. The molecular formula is C16H10F5N3O2S. The fraction of sp³-hybridized carbons (Fsp3) is 0.125. The highest BCUT2D eigenvalue weighted by atomic mass is 32.2. The van der Waals surface area contributed by atoms with Crippen LogP contribution in [-0.2, 0) is 16.0 Å². The van der Waals surface area contributed by atoms with Gasteiger partial charge in [-0.3, -0.25) is 4.98 Å². The summed E-state index contributed by atoms with van der Waals surface area (Å²) in [7, 11) is -4.07. The quantitative estimate of drug-likeness (QED) is 0.627. The van der Waals surface area contributed by atoms with Crippen LogP contribution in [-0.4, -0.2) is 29.4 Å². The van der Waals surface area contributed by atoms with Gasteiger partial charge in [0.1, 0.15) is 22.2 Å². The number of rotatable bonds is 3. The standard InChI is InChI=1S/C16H10F5N3O2S/c1-27(25,26)14-6-10(17)13(5-11(14)18)24-12(9-3-2-4-22-8-9)7-15(23-24)16(19,20)21/h2-8H,1H3. The van der Waals surface area contributed by atoms with Crippen LogP contribution in [0, 0.1) is 11.6 Å². The summed E-state index contributed by atoms with van der Waals surface area (Å²) in [5.74, 6) is -2.56. The van der Waals surface area contributed by atoms with Gasteiger partial charge < -0.3 is 0 Å². The highest BCUT2D eigenvalue weighted by Crippen LogP contribution is 2.34. The number of nitrogens with zero attached hydrogens (tertiary/aromatic N) is 3. The van der Waals surface area contributed by atoms with Crippen molar-refractivity contribution < 1.29 is 30.4 Å². The molecule has 0 saturated heterocycles. The van der Waals surface area contributed by atoms with Crippen molar-refractivity contribution in [1.29, 1.82) is 0 Å². The highest BCUT2D eigenvalue weighted by Gasteiger charge is 2.36. The maximum atomic E-state index is 14.5. The first-order valence-electron chi connectivity index (χ1n) is 7.25. The molecule has 11 heteroatoms. The second-order valence-electron chi connectivity index (χ2n) is 5.57. The molecule has 2 aromatic heterocycles. The molecule has 0 radical (unpaired) electrons. The van der Waals surface area contributed by atoms with Crippen LogP contribution in [0.1, 0.15) is 5.69 Å². The minimum Gasteiger partial charge on any atom is -0.264 e. The van der Waals surface area contributed by atoms with Gasteiger partial charge in [0.2, 0.25) is 0 Å². The Hall–Kier alpha value is -2.82. The summed E-state index contributed by atoms with van der Waals surface area (Å²) in [4.78, 5) is 2.88. The summed E-state index contributed by atoms with van der Waals surface area (Å²) in [5.41, 5.74) is -2.02. The van der Waals surface area contributed by atoms with Crippen molar-refractivity contribution in [1.82, 2.24) is 14.8 Å². The SMILES string of the molecule is CS(=O)(=O)c1cc(F)c(-n2nc(C(F)(F)F)cc2-c2cccnc2)cc1F. The first-order chi connectivity index (χ1) is 12.5. The molecule has 0 aliphatic rings. The molecule has 0 amide bonds. The summed E-state index contributed by atoms with van der Waals surface area (Å²) in [6.07, 6.45) is -1.53. The summed E-state index contributed by atoms with van der Waals surface area (Å²) >= 11 is 0. The Kier molecular flexibility index (Phi) is 4.50. The smallest absolute Gasteiger partial charge is 0.264 e. The van der Waals surface area contributed by atoms with Crippen LogP contribution in [0.2, 0.25) is 0 Å². The van der Waals surface area contributed by atoms with Gasteiger partial charge in [-0.15, -0.1) is 0 Å². The average molecular weight is 403 g/mol. The molecule has 2 heterocycles. The molecule has 0 aliphatic carbocycles. The van der Waals surface area contributed by atoms with E-state index >= 15 is 0 Å². The molecule has 0 atom stereocenters. The molecule has 3 aromatic rings. The number of aromatic nitrogens is 3. The predicted molar refractivity (Wildman–Crippen MR) is 84.8 cm³/mol. The average Bonchev–Trinajstić information content (AvgIpc) is 3.02. The number of benzene rings is 1. The van der Waals surface area contributed by atoms with Crippen LogP contribution < -0.4 is 0 Å². The largest absolute Gasteiger partial charge is 0.435 e. The van der Waals surface area contributed by atoms with Crippen molar-refractivity contribution in [3.05, 3.63) is 60.1 Å². The van der Waals surface area contributed by atoms with Gasteiger partial charge in [-0.2, -0.15) is 18.3 Å². The minimum absolute atomic E-state index is 0.174. The lowest BCUT2D eigenvalue weighted by Crippen LogP contribution is -2.10. The second kappa shape index (κ2) is 6.41. The van der Waals surface area contributed by atoms with Crippen molar-refractivity contribution in [3.8, 4) is 16.9 Å². The first-order valence-corrected chi connectivity index (χ1v) is 9.15. The fourth-order valence-corrected chi connectivity index (χ4v) is 3.12. The Balaban J connectivity index is 2.29. The summed E-state index contributed by atoms with van der Waals surface area (Å²) in [6, 6.07) is 4.42. The molecule has 0 aliphatic heterocycles. The predicted octanol–water partition coefficient (Wildman–Crippen LogP) is 3.63. The summed E-state index contributed by atoms with van der Waals surface area (Å²) in [6.45, 7) is 0. The van der Waals surface area contributed by atoms with Gasteiger partial charge in [0.25, 0.3) is 0 Å². The summed E-state index contributed by atoms with van der Waals surface area (Å²) < 4.78 is 91.4. The zero-order chi connectivity index (χ0) is 20.0. The van der Waals surface area contributed by atoms with Crippen LogP contribution in [0.3, 0.4) is 0 Å². The number of hydrogen-bond donors (Lipinski definition) is 0. The zero-order valence-corrected chi connectivity index (χ0v) is 14.3. The molecule has 142 valence electrons. The molecule has 5 nitrogen and oxygen atoms in total. The van der Waals surface area contributed by atoms with Crippen LogP contribution in [0.25, 0.3) is 16.9 Å². The van der Waals surface area contributed by atoms with E-state index in [1.54, 1.807) is 0 Å². The van der Waals surface area contributed by atoms with Gasteiger partial charge in [0.05, 0.1) is 5.69 Å². The van der Waals surface area contributed by atoms with Crippen LogP contribution in [0.4, 0.5) is 22.0 Å². The lowest BCUT2D eigenvalue weighted by Gasteiger charge is -2.10. The Morgan fingerprint density at radius 3 is 2.33 bits per heavy atom. The molecule has 27 heavy (non-hydrogen) atoms. The molecule has 0 fully saturated rings. The molecule has 0 bridgehead atoms. The topological polar surface area (TPSA) is 64.8 Å². The number of halogens is 5. The summed E-state index contributed by atoms with van der Waals surface area (Å²) in [5, 5.41) is 3.33. The lowest BCUT2D eigenvalue weighted by molar-refractivity contribution is -0.141. The fourth-order valence-electron chi connectivity index (χ4n) is 2.39. The van der Waals surface area contributed by atoms with Crippen molar-refractivity contribution in [2.45, 2.75) is 11.1 Å². The number of sulfone groups is 1. The van der Waals surface area contributed by atoms with Gasteiger partial charge in [0, 0.05) is 30.3 Å². The van der Waals surface area contributed by atoms with E-state index in [-0.39, 0.29) is 11.3 Å². The van der Waals surface area contributed by atoms with Gasteiger partial charge in [0.15, 0.2) is 15.5 Å². The van der Waals surface area contributed by atoms with E-state index in [9.17, 15) is 30.4 Å². The molecule has 0 unspecified atom stereocenters. The minimum atomic E-state index is -4.83. The Morgan fingerprint density at radius 2 is 1.78 bits per heavy atom. The van der Waals surface area contributed by atoms with Crippen LogP contribution in [0.15, 0.2) is 47.6 Å². The zero-order valence-electron chi connectivity index (χ0n) is 13.5. The molecule has 0 N–H and O–H groups in total. The molecular weight excluding hydrogens is 393 g/mol. The second-order valence-corrected chi connectivity index (χ2v) is 7.56. The maximum Gasteiger partial charge on any atom is 0.435 e. The van der Waals surface area contributed by atoms with E-state index in [0.29, 0.717) is 29.1 Å². The van der Waals surface area contributed by atoms with Gasteiger partial charge in [-0.05, 0) is 24.3 Å². The molecule has 0 saturated carbocycles. The van der Waals surface area contributed by atoms with Crippen molar-refractivity contribution in [2.75, 3.05) is 6.26 Å². The van der Waals surface area contributed by atoms with E-state index in [1.807, 2.05) is 0 Å². The number of alkyl halides is 3. The van der Waals surface area contributed by atoms with E-state index in [2.05, 4.69) is 10.1 Å². The van der Waals surface area contributed by atoms with Crippen molar-refractivity contribution in [3.63, 3.8) is 0 Å². The first kappa shape index (κ1) is 19.0. The van der Waals surface area contributed by atoms with E-state index < -0.39 is 43.9 Å². The van der Waals surface area contributed by atoms with E-state index in [1.165, 1.54) is 24.5 Å². The Morgan fingerprint density at radius 1 is 1.07 bits per heavy atom. The number of pyridine rings is 1. The normalized spacial score (nSPS) is 12.4. The highest BCUT2D eigenvalue weighted by molar-refractivity contribution is 7.90. The Labute approximate surface area is 150 Å². The lowest BCUT2D eigenvalue weighted by atomic mass is 10.2. The Bertz CT molecular complexity index is 1110.